The molecule has 2 aromatic rings. The van der Waals surface area contributed by atoms with Crippen LogP contribution in [0.3, 0.4) is 0 Å². The lowest BCUT2D eigenvalue weighted by Crippen LogP contribution is -2.37. The summed E-state index contributed by atoms with van der Waals surface area (Å²) in [6.45, 7) is 2.36. The highest BCUT2D eigenvalue weighted by Crippen LogP contribution is 2.12. The third-order valence-corrected chi connectivity index (χ3v) is 3.39. The molecule has 0 radical (unpaired) electrons. The van der Waals surface area contributed by atoms with E-state index in [0.29, 0.717) is 12.1 Å². The Morgan fingerprint density at radius 1 is 1.17 bits per heavy atom. The number of ether oxygens (including phenoxy) is 1. The van der Waals surface area contributed by atoms with Crippen LogP contribution in [0, 0.1) is 5.92 Å². The Morgan fingerprint density at radius 3 is 2.43 bits per heavy atom. The molecule has 2 aromatic heterocycles. The van der Waals surface area contributed by atoms with Crippen molar-refractivity contribution in [1.82, 2.24) is 14.9 Å². The minimum Gasteiger partial charge on any atom is -0.469 e. The van der Waals surface area contributed by atoms with Crippen LogP contribution < -0.4 is 0 Å². The molecule has 1 atom stereocenters. The summed E-state index contributed by atoms with van der Waals surface area (Å²) in [4.78, 5) is 34.0. The molecular formula is C17H19N3O3. The molecule has 0 fully saturated rings. The number of carbonyl (C=O) groups excluding carboxylic acids is 2. The zero-order valence-electron chi connectivity index (χ0n) is 13.2. The van der Waals surface area contributed by atoms with Crippen LogP contribution in [-0.2, 0) is 16.1 Å². The minimum absolute atomic E-state index is 0.183. The van der Waals surface area contributed by atoms with E-state index in [9.17, 15) is 9.59 Å². The van der Waals surface area contributed by atoms with Gasteiger partial charge < -0.3 is 9.64 Å². The number of amides is 1. The smallest absolute Gasteiger partial charge is 0.310 e. The second-order valence-corrected chi connectivity index (χ2v) is 5.21. The van der Waals surface area contributed by atoms with Gasteiger partial charge in [-0.25, -0.2) is 0 Å². The van der Waals surface area contributed by atoms with Crippen molar-refractivity contribution in [2.45, 2.75) is 13.5 Å². The number of rotatable bonds is 6. The van der Waals surface area contributed by atoms with Crippen LogP contribution in [0.4, 0.5) is 0 Å². The summed E-state index contributed by atoms with van der Waals surface area (Å²) in [6.07, 6.45) is 6.50. The molecule has 0 aliphatic carbocycles. The average Bonchev–Trinajstić information content (AvgIpc) is 2.61. The summed E-state index contributed by atoms with van der Waals surface area (Å²) in [5.41, 5.74) is 1.37. The first kappa shape index (κ1) is 16.6. The molecule has 0 N–H and O–H groups in total. The summed E-state index contributed by atoms with van der Waals surface area (Å²) < 4.78 is 4.75. The van der Waals surface area contributed by atoms with E-state index in [2.05, 4.69) is 9.97 Å². The average molecular weight is 313 g/mol. The van der Waals surface area contributed by atoms with Crippen molar-refractivity contribution in [3.8, 4) is 0 Å². The Bertz CT molecular complexity index is 647. The van der Waals surface area contributed by atoms with Gasteiger partial charge in [0.15, 0.2) is 0 Å². The van der Waals surface area contributed by atoms with E-state index in [4.69, 9.17) is 4.74 Å². The maximum Gasteiger partial charge on any atom is 0.310 e. The van der Waals surface area contributed by atoms with Gasteiger partial charge in [0, 0.05) is 37.9 Å². The van der Waals surface area contributed by atoms with Crippen LogP contribution in [-0.4, -0.2) is 40.4 Å². The Kier molecular flexibility index (Phi) is 5.80. The van der Waals surface area contributed by atoms with E-state index in [1.165, 1.54) is 13.3 Å². The van der Waals surface area contributed by atoms with Crippen molar-refractivity contribution in [3.63, 3.8) is 0 Å². The van der Waals surface area contributed by atoms with E-state index < -0.39 is 5.92 Å². The fourth-order valence-corrected chi connectivity index (χ4v) is 2.21. The van der Waals surface area contributed by atoms with Crippen molar-refractivity contribution in [2.24, 2.45) is 5.92 Å². The van der Waals surface area contributed by atoms with E-state index >= 15 is 0 Å². The molecule has 0 aliphatic rings. The normalized spacial score (nSPS) is 11.6. The fourth-order valence-electron chi connectivity index (χ4n) is 2.21. The highest BCUT2D eigenvalue weighted by molar-refractivity contribution is 5.94. The van der Waals surface area contributed by atoms with Gasteiger partial charge in [0.2, 0.25) is 0 Å². The van der Waals surface area contributed by atoms with Crippen LogP contribution in [0.2, 0.25) is 0 Å². The topological polar surface area (TPSA) is 72.4 Å². The van der Waals surface area contributed by atoms with Crippen LogP contribution >= 0.6 is 0 Å². The van der Waals surface area contributed by atoms with Gasteiger partial charge >= 0.3 is 5.97 Å². The summed E-state index contributed by atoms with van der Waals surface area (Å²) in [5.74, 6) is -0.949. The summed E-state index contributed by atoms with van der Waals surface area (Å²) in [5, 5.41) is 0. The second kappa shape index (κ2) is 8.03. The fraction of sp³-hybridized carbons (Fsp3) is 0.294. The van der Waals surface area contributed by atoms with Crippen molar-refractivity contribution in [2.75, 3.05) is 13.7 Å². The number of hydrogen-bond acceptors (Lipinski definition) is 5. The number of esters is 1. The number of carbonyl (C=O) groups is 2. The zero-order chi connectivity index (χ0) is 16.7. The van der Waals surface area contributed by atoms with Crippen molar-refractivity contribution < 1.29 is 14.3 Å². The molecule has 2 heterocycles. The first-order chi connectivity index (χ1) is 11.1. The molecular weight excluding hydrogens is 294 g/mol. The van der Waals surface area contributed by atoms with Crippen molar-refractivity contribution in [1.29, 1.82) is 0 Å². The first-order valence-electron chi connectivity index (χ1n) is 7.28. The predicted molar refractivity (Wildman–Crippen MR) is 84.4 cm³/mol. The molecule has 6 heteroatoms. The molecule has 0 saturated heterocycles. The molecule has 1 amide bonds. The van der Waals surface area contributed by atoms with Gasteiger partial charge in [0.25, 0.3) is 5.91 Å². The lowest BCUT2D eigenvalue weighted by molar-refractivity contribution is -0.145. The zero-order valence-corrected chi connectivity index (χ0v) is 13.2. The van der Waals surface area contributed by atoms with Gasteiger partial charge in [0.05, 0.1) is 18.6 Å². The largest absolute Gasteiger partial charge is 0.469 e. The number of hydrogen-bond donors (Lipinski definition) is 0. The highest BCUT2D eigenvalue weighted by Gasteiger charge is 2.23. The van der Waals surface area contributed by atoms with E-state index in [1.54, 1.807) is 42.5 Å². The number of pyridine rings is 2. The maximum atomic E-state index is 12.7. The molecule has 120 valence electrons. The summed E-state index contributed by atoms with van der Waals surface area (Å²) in [6, 6.07) is 7.11. The first-order valence-corrected chi connectivity index (χ1v) is 7.28. The van der Waals surface area contributed by atoms with Gasteiger partial charge in [0.1, 0.15) is 0 Å². The van der Waals surface area contributed by atoms with Crippen LogP contribution in [0.1, 0.15) is 22.8 Å². The van der Waals surface area contributed by atoms with Crippen LogP contribution in [0.5, 0.6) is 0 Å². The SMILES string of the molecule is COC(=O)C(C)CN(Cc1cccnc1)C(=O)c1cccnc1. The van der Waals surface area contributed by atoms with Crippen LogP contribution in [0.15, 0.2) is 49.1 Å². The molecule has 0 aromatic carbocycles. The Morgan fingerprint density at radius 2 is 1.87 bits per heavy atom. The number of aromatic nitrogens is 2. The Hall–Kier alpha value is -2.76. The van der Waals surface area contributed by atoms with Gasteiger partial charge in [-0.2, -0.15) is 0 Å². The number of nitrogens with zero attached hydrogens (tertiary/aromatic N) is 3. The molecule has 6 nitrogen and oxygen atoms in total. The molecule has 0 spiro atoms. The van der Waals surface area contributed by atoms with Gasteiger partial charge in [-0.05, 0) is 23.8 Å². The molecule has 0 saturated carbocycles. The van der Waals surface area contributed by atoms with E-state index in [-0.39, 0.29) is 18.4 Å². The van der Waals surface area contributed by atoms with Crippen molar-refractivity contribution >= 4 is 11.9 Å². The second-order valence-electron chi connectivity index (χ2n) is 5.21. The summed E-state index contributed by atoms with van der Waals surface area (Å²) >= 11 is 0. The van der Waals surface area contributed by atoms with E-state index in [1.807, 2.05) is 12.1 Å². The predicted octanol–water partition coefficient (Wildman–Crippen LogP) is 1.93. The molecule has 0 aliphatic heterocycles. The lowest BCUT2D eigenvalue weighted by atomic mass is 10.1. The Balaban J connectivity index is 2.20. The maximum absolute atomic E-state index is 12.7. The molecule has 23 heavy (non-hydrogen) atoms. The molecule has 0 bridgehead atoms. The van der Waals surface area contributed by atoms with Crippen molar-refractivity contribution in [3.05, 3.63) is 60.2 Å². The third-order valence-electron chi connectivity index (χ3n) is 3.39. The van der Waals surface area contributed by atoms with Gasteiger partial charge in [-0.1, -0.05) is 13.0 Å². The quantitative estimate of drug-likeness (QED) is 0.762. The lowest BCUT2D eigenvalue weighted by Gasteiger charge is -2.25. The molecule has 2 rings (SSSR count). The minimum atomic E-state index is -0.419. The highest BCUT2D eigenvalue weighted by atomic mass is 16.5. The Labute approximate surface area is 135 Å². The van der Waals surface area contributed by atoms with E-state index in [0.717, 1.165) is 5.56 Å². The van der Waals surface area contributed by atoms with Gasteiger partial charge in [-0.3, -0.25) is 19.6 Å². The molecule has 1 unspecified atom stereocenters. The number of methoxy groups -OCH3 is 1. The third kappa shape index (κ3) is 4.60. The monoisotopic (exact) mass is 313 g/mol. The van der Waals surface area contributed by atoms with Gasteiger partial charge in [-0.15, -0.1) is 0 Å². The van der Waals surface area contributed by atoms with Crippen LogP contribution in [0.25, 0.3) is 0 Å². The standard InChI is InChI=1S/C17H19N3O3/c1-13(17(22)23-2)11-20(12-14-5-3-7-18-9-14)16(21)15-6-4-8-19-10-15/h3-10,13H,11-12H2,1-2H3. The summed E-state index contributed by atoms with van der Waals surface area (Å²) in [7, 11) is 1.34.